The minimum absolute atomic E-state index is 0.402. The first-order valence-electron chi connectivity index (χ1n) is 6.09. The van der Waals surface area contributed by atoms with E-state index in [1.807, 2.05) is 20.0 Å². The zero-order chi connectivity index (χ0) is 12.1. The average Bonchev–Trinajstić information content (AvgIpc) is 2.28. The van der Waals surface area contributed by atoms with Gasteiger partial charge >= 0.3 is 0 Å². The SMILES string of the molecule is CCCNC(C)C(C)c1nc(C)cnc1C. The van der Waals surface area contributed by atoms with Crippen molar-refractivity contribution in [2.45, 2.75) is 53.0 Å². The molecule has 0 aromatic carbocycles. The Morgan fingerprint density at radius 2 is 2.00 bits per heavy atom. The van der Waals surface area contributed by atoms with Crippen LogP contribution in [0.5, 0.6) is 0 Å². The fourth-order valence-electron chi connectivity index (χ4n) is 1.77. The molecule has 0 fully saturated rings. The van der Waals surface area contributed by atoms with Crippen LogP contribution in [0.25, 0.3) is 0 Å². The number of hydrogen-bond acceptors (Lipinski definition) is 3. The van der Waals surface area contributed by atoms with Gasteiger partial charge in [-0.25, -0.2) is 0 Å². The Hall–Kier alpha value is -0.960. The van der Waals surface area contributed by atoms with Crippen LogP contribution in [0.1, 0.15) is 50.2 Å². The van der Waals surface area contributed by atoms with E-state index in [0.717, 1.165) is 30.0 Å². The predicted octanol–water partition coefficient (Wildman–Crippen LogP) is 2.59. The fourth-order valence-corrected chi connectivity index (χ4v) is 1.77. The molecule has 0 radical (unpaired) electrons. The van der Waals surface area contributed by atoms with Crippen LogP contribution in [-0.4, -0.2) is 22.6 Å². The maximum Gasteiger partial charge on any atom is 0.0662 e. The van der Waals surface area contributed by atoms with E-state index >= 15 is 0 Å². The normalized spacial score (nSPS) is 14.8. The van der Waals surface area contributed by atoms with Crippen LogP contribution in [0, 0.1) is 13.8 Å². The Morgan fingerprint density at radius 1 is 1.31 bits per heavy atom. The first-order valence-corrected chi connectivity index (χ1v) is 6.09. The van der Waals surface area contributed by atoms with E-state index in [1.54, 1.807) is 0 Å². The zero-order valence-electron chi connectivity index (χ0n) is 11.0. The molecule has 16 heavy (non-hydrogen) atoms. The molecule has 3 heteroatoms. The van der Waals surface area contributed by atoms with Gasteiger partial charge in [-0.1, -0.05) is 13.8 Å². The maximum atomic E-state index is 4.60. The second kappa shape index (κ2) is 5.94. The van der Waals surface area contributed by atoms with Gasteiger partial charge in [0.05, 0.1) is 17.1 Å². The molecule has 0 spiro atoms. The Kier molecular flexibility index (Phi) is 4.87. The third-order valence-corrected chi connectivity index (χ3v) is 3.01. The van der Waals surface area contributed by atoms with E-state index in [1.165, 1.54) is 0 Å². The minimum Gasteiger partial charge on any atom is -0.314 e. The Labute approximate surface area is 98.7 Å². The first-order chi connectivity index (χ1) is 7.56. The van der Waals surface area contributed by atoms with Gasteiger partial charge in [0.15, 0.2) is 0 Å². The van der Waals surface area contributed by atoms with Gasteiger partial charge in [-0.2, -0.15) is 0 Å². The lowest BCUT2D eigenvalue weighted by Gasteiger charge is -2.22. The molecule has 90 valence electrons. The lowest BCUT2D eigenvalue weighted by molar-refractivity contribution is 0.471. The summed E-state index contributed by atoms with van der Waals surface area (Å²) in [5.74, 6) is 0.402. The first kappa shape index (κ1) is 13.1. The highest BCUT2D eigenvalue weighted by atomic mass is 14.9. The number of nitrogens with zero attached hydrogens (tertiary/aromatic N) is 2. The number of aryl methyl sites for hydroxylation is 2. The molecule has 0 saturated heterocycles. The Balaban J connectivity index is 2.78. The van der Waals surface area contributed by atoms with Crippen molar-refractivity contribution >= 4 is 0 Å². The lowest BCUT2D eigenvalue weighted by Crippen LogP contribution is -2.32. The van der Waals surface area contributed by atoms with Crippen molar-refractivity contribution in [3.63, 3.8) is 0 Å². The van der Waals surface area contributed by atoms with Gasteiger partial charge in [0.25, 0.3) is 0 Å². The van der Waals surface area contributed by atoms with Crippen molar-refractivity contribution in [3.05, 3.63) is 23.3 Å². The van der Waals surface area contributed by atoms with Gasteiger partial charge in [0.1, 0.15) is 0 Å². The molecule has 0 aliphatic heterocycles. The van der Waals surface area contributed by atoms with Crippen LogP contribution in [0.3, 0.4) is 0 Å². The third kappa shape index (κ3) is 3.27. The summed E-state index contributed by atoms with van der Waals surface area (Å²) in [6.07, 6.45) is 2.99. The molecule has 0 saturated carbocycles. The lowest BCUT2D eigenvalue weighted by atomic mass is 9.97. The standard InChI is InChI=1S/C13H23N3/c1-6-7-14-11(4)10(3)13-12(5)15-8-9(2)16-13/h8,10-11,14H,6-7H2,1-5H3. The largest absolute Gasteiger partial charge is 0.314 e. The van der Waals surface area contributed by atoms with Gasteiger partial charge in [-0.05, 0) is 33.7 Å². The smallest absolute Gasteiger partial charge is 0.0662 e. The van der Waals surface area contributed by atoms with E-state index in [0.29, 0.717) is 12.0 Å². The van der Waals surface area contributed by atoms with Crippen molar-refractivity contribution in [1.82, 2.24) is 15.3 Å². The Bertz CT molecular complexity index is 336. The molecule has 2 atom stereocenters. The summed E-state index contributed by atoms with van der Waals surface area (Å²) in [5, 5.41) is 3.51. The van der Waals surface area contributed by atoms with Crippen LogP contribution in [0.4, 0.5) is 0 Å². The molecule has 0 bridgehead atoms. The third-order valence-electron chi connectivity index (χ3n) is 3.01. The summed E-state index contributed by atoms with van der Waals surface area (Å²) in [6.45, 7) is 11.7. The van der Waals surface area contributed by atoms with Crippen molar-refractivity contribution in [2.24, 2.45) is 0 Å². The molecule has 2 unspecified atom stereocenters. The summed E-state index contributed by atoms with van der Waals surface area (Å²) >= 11 is 0. The van der Waals surface area contributed by atoms with Crippen LogP contribution >= 0.6 is 0 Å². The summed E-state index contributed by atoms with van der Waals surface area (Å²) in [7, 11) is 0. The average molecular weight is 221 g/mol. The van der Waals surface area contributed by atoms with Crippen LogP contribution in [0.15, 0.2) is 6.20 Å². The molecule has 1 aromatic heterocycles. The van der Waals surface area contributed by atoms with Gasteiger partial charge in [-0.3, -0.25) is 9.97 Å². The molecular formula is C13H23N3. The summed E-state index contributed by atoms with van der Waals surface area (Å²) in [4.78, 5) is 8.97. The summed E-state index contributed by atoms with van der Waals surface area (Å²) < 4.78 is 0. The molecular weight excluding hydrogens is 198 g/mol. The number of aromatic nitrogens is 2. The summed E-state index contributed by atoms with van der Waals surface area (Å²) in [6, 6.07) is 0.440. The van der Waals surface area contributed by atoms with Crippen LogP contribution in [-0.2, 0) is 0 Å². The highest BCUT2D eigenvalue weighted by Crippen LogP contribution is 2.19. The zero-order valence-corrected chi connectivity index (χ0v) is 11.0. The van der Waals surface area contributed by atoms with Crippen molar-refractivity contribution < 1.29 is 0 Å². The topological polar surface area (TPSA) is 37.8 Å². The van der Waals surface area contributed by atoms with Crippen LogP contribution < -0.4 is 5.32 Å². The summed E-state index contributed by atoms with van der Waals surface area (Å²) in [5.41, 5.74) is 3.16. The molecule has 1 rings (SSSR count). The predicted molar refractivity (Wildman–Crippen MR) is 67.7 cm³/mol. The van der Waals surface area contributed by atoms with Crippen molar-refractivity contribution in [1.29, 1.82) is 0 Å². The van der Waals surface area contributed by atoms with Crippen molar-refractivity contribution in [2.75, 3.05) is 6.54 Å². The second-order valence-corrected chi connectivity index (χ2v) is 4.51. The Morgan fingerprint density at radius 3 is 2.62 bits per heavy atom. The number of hydrogen-bond donors (Lipinski definition) is 1. The van der Waals surface area contributed by atoms with Gasteiger partial charge in [0, 0.05) is 18.2 Å². The highest BCUT2D eigenvalue weighted by Gasteiger charge is 2.17. The minimum atomic E-state index is 0.402. The van der Waals surface area contributed by atoms with Gasteiger partial charge in [-0.15, -0.1) is 0 Å². The highest BCUT2D eigenvalue weighted by molar-refractivity contribution is 5.17. The molecule has 1 heterocycles. The quantitative estimate of drug-likeness (QED) is 0.830. The van der Waals surface area contributed by atoms with Crippen molar-refractivity contribution in [3.8, 4) is 0 Å². The molecule has 0 amide bonds. The fraction of sp³-hybridized carbons (Fsp3) is 0.692. The number of rotatable bonds is 5. The number of nitrogens with one attached hydrogen (secondary N) is 1. The van der Waals surface area contributed by atoms with E-state index in [2.05, 4.69) is 36.1 Å². The maximum absolute atomic E-state index is 4.60. The molecule has 0 aliphatic rings. The van der Waals surface area contributed by atoms with Gasteiger partial charge in [0.2, 0.25) is 0 Å². The van der Waals surface area contributed by atoms with Gasteiger partial charge < -0.3 is 5.32 Å². The monoisotopic (exact) mass is 221 g/mol. The molecule has 1 aromatic rings. The molecule has 0 aliphatic carbocycles. The molecule has 3 nitrogen and oxygen atoms in total. The van der Waals surface area contributed by atoms with E-state index in [-0.39, 0.29) is 0 Å². The van der Waals surface area contributed by atoms with E-state index in [9.17, 15) is 0 Å². The second-order valence-electron chi connectivity index (χ2n) is 4.51. The van der Waals surface area contributed by atoms with Crippen LogP contribution in [0.2, 0.25) is 0 Å². The van der Waals surface area contributed by atoms with E-state index in [4.69, 9.17) is 0 Å². The molecule has 1 N–H and O–H groups in total. The van der Waals surface area contributed by atoms with E-state index < -0.39 is 0 Å².